The van der Waals surface area contributed by atoms with Crippen LogP contribution in [0.3, 0.4) is 0 Å². The second-order valence-corrected chi connectivity index (χ2v) is 6.81. The highest BCUT2D eigenvalue weighted by Gasteiger charge is 2.39. The van der Waals surface area contributed by atoms with E-state index in [1.807, 2.05) is 11.3 Å². The van der Waals surface area contributed by atoms with Gasteiger partial charge in [-0.25, -0.2) is 0 Å². The molecule has 18 heavy (non-hydrogen) atoms. The average molecular weight is 264 g/mol. The van der Waals surface area contributed by atoms with Crippen molar-refractivity contribution in [1.29, 1.82) is 0 Å². The lowest BCUT2D eigenvalue weighted by atomic mass is 9.94. The zero-order valence-corrected chi connectivity index (χ0v) is 12.1. The summed E-state index contributed by atoms with van der Waals surface area (Å²) in [7, 11) is 0. The molecule has 0 bridgehead atoms. The van der Waals surface area contributed by atoms with Crippen molar-refractivity contribution in [2.45, 2.75) is 38.8 Å². The van der Waals surface area contributed by atoms with Crippen LogP contribution in [-0.4, -0.2) is 30.6 Å². The number of rotatable bonds is 5. The molecule has 1 saturated carbocycles. The van der Waals surface area contributed by atoms with Crippen LogP contribution in [0.2, 0.25) is 0 Å². The van der Waals surface area contributed by atoms with Crippen molar-refractivity contribution in [2.75, 3.05) is 19.6 Å². The van der Waals surface area contributed by atoms with Gasteiger partial charge in [-0.1, -0.05) is 19.4 Å². The third-order valence-corrected chi connectivity index (χ3v) is 5.60. The smallest absolute Gasteiger partial charge is 0.0328 e. The van der Waals surface area contributed by atoms with E-state index in [1.54, 1.807) is 0 Å². The van der Waals surface area contributed by atoms with Crippen molar-refractivity contribution >= 4 is 11.3 Å². The molecule has 0 amide bonds. The second kappa shape index (κ2) is 5.72. The van der Waals surface area contributed by atoms with E-state index in [0.717, 1.165) is 31.0 Å². The number of thiophene rings is 1. The van der Waals surface area contributed by atoms with Crippen LogP contribution in [0, 0.1) is 11.8 Å². The van der Waals surface area contributed by atoms with E-state index in [0.29, 0.717) is 0 Å². The summed E-state index contributed by atoms with van der Waals surface area (Å²) in [6, 6.07) is 5.17. The first kappa shape index (κ1) is 12.6. The molecule has 1 N–H and O–H groups in total. The fraction of sp³-hybridized carbons (Fsp3) is 0.733. The molecule has 0 radical (unpaired) electrons. The third-order valence-electron chi connectivity index (χ3n) is 4.74. The Morgan fingerprint density at radius 1 is 1.44 bits per heavy atom. The Hall–Kier alpha value is -0.380. The first-order valence-electron chi connectivity index (χ1n) is 7.35. The van der Waals surface area contributed by atoms with Crippen LogP contribution >= 0.6 is 11.3 Å². The zero-order valence-electron chi connectivity index (χ0n) is 11.3. The Bertz CT molecular complexity index is 363. The third kappa shape index (κ3) is 2.63. The van der Waals surface area contributed by atoms with Crippen molar-refractivity contribution in [3.8, 4) is 0 Å². The summed E-state index contributed by atoms with van der Waals surface area (Å²) in [4.78, 5) is 4.10. The van der Waals surface area contributed by atoms with Crippen molar-refractivity contribution in [3.05, 3.63) is 22.4 Å². The Morgan fingerprint density at radius 2 is 2.39 bits per heavy atom. The highest BCUT2D eigenvalue weighted by molar-refractivity contribution is 7.09. The van der Waals surface area contributed by atoms with Gasteiger partial charge in [0.2, 0.25) is 0 Å². The van der Waals surface area contributed by atoms with Crippen LogP contribution in [0.15, 0.2) is 17.5 Å². The normalized spacial score (nSPS) is 31.1. The van der Waals surface area contributed by atoms with Gasteiger partial charge in [-0.3, -0.25) is 4.90 Å². The highest BCUT2D eigenvalue weighted by Crippen LogP contribution is 2.37. The van der Waals surface area contributed by atoms with Gasteiger partial charge in [-0.05, 0) is 49.2 Å². The number of fused-ring (bicyclic) bond motifs is 1. The molecule has 3 heteroatoms. The topological polar surface area (TPSA) is 15.3 Å². The SMILES string of the molecule is CCN(Cc1cccs1)CC1NCC2CCCC21. The molecule has 1 aliphatic carbocycles. The molecular formula is C15H24N2S. The lowest BCUT2D eigenvalue weighted by Crippen LogP contribution is -2.40. The van der Waals surface area contributed by atoms with Crippen molar-refractivity contribution < 1.29 is 0 Å². The van der Waals surface area contributed by atoms with Gasteiger partial charge in [0.05, 0.1) is 0 Å². The molecule has 3 rings (SSSR count). The number of hydrogen-bond acceptors (Lipinski definition) is 3. The van der Waals surface area contributed by atoms with Crippen molar-refractivity contribution in [1.82, 2.24) is 10.2 Å². The van der Waals surface area contributed by atoms with E-state index in [-0.39, 0.29) is 0 Å². The average Bonchev–Trinajstić information content (AvgIpc) is 3.06. The molecular weight excluding hydrogens is 240 g/mol. The van der Waals surface area contributed by atoms with Crippen LogP contribution in [0.5, 0.6) is 0 Å². The first-order valence-corrected chi connectivity index (χ1v) is 8.23. The molecule has 1 aromatic rings. The minimum absolute atomic E-state index is 0.748. The minimum Gasteiger partial charge on any atom is -0.312 e. The van der Waals surface area contributed by atoms with E-state index in [1.165, 1.54) is 37.2 Å². The summed E-state index contributed by atoms with van der Waals surface area (Å²) < 4.78 is 0. The summed E-state index contributed by atoms with van der Waals surface area (Å²) >= 11 is 1.88. The number of likely N-dealkylation sites (N-methyl/N-ethyl adjacent to an activating group) is 1. The van der Waals surface area contributed by atoms with E-state index >= 15 is 0 Å². The highest BCUT2D eigenvalue weighted by atomic mass is 32.1. The fourth-order valence-electron chi connectivity index (χ4n) is 3.71. The Labute approximate surface area is 114 Å². The first-order chi connectivity index (χ1) is 8.86. The van der Waals surface area contributed by atoms with Crippen LogP contribution in [-0.2, 0) is 6.54 Å². The summed E-state index contributed by atoms with van der Waals surface area (Å²) in [5.74, 6) is 1.94. The predicted molar refractivity (Wildman–Crippen MR) is 77.9 cm³/mol. The Morgan fingerprint density at radius 3 is 3.17 bits per heavy atom. The molecule has 0 spiro atoms. The van der Waals surface area contributed by atoms with Crippen LogP contribution < -0.4 is 5.32 Å². The van der Waals surface area contributed by atoms with Crippen LogP contribution in [0.1, 0.15) is 31.1 Å². The maximum atomic E-state index is 3.76. The summed E-state index contributed by atoms with van der Waals surface area (Å²) in [6.07, 6.45) is 4.38. The van der Waals surface area contributed by atoms with Crippen LogP contribution in [0.4, 0.5) is 0 Å². The lowest BCUT2D eigenvalue weighted by Gasteiger charge is -2.27. The fourth-order valence-corrected chi connectivity index (χ4v) is 4.46. The molecule has 0 aromatic carbocycles. The Kier molecular flexibility index (Phi) is 4.02. The quantitative estimate of drug-likeness (QED) is 0.879. The van der Waals surface area contributed by atoms with E-state index in [4.69, 9.17) is 0 Å². The van der Waals surface area contributed by atoms with Gasteiger partial charge in [0.15, 0.2) is 0 Å². The van der Waals surface area contributed by atoms with E-state index < -0.39 is 0 Å². The monoisotopic (exact) mass is 264 g/mol. The molecule has 2 heterocycles. The molecule has 2 aliphatic rings. The minimum atomic E-state index is 0.748. The van der Waals surface area contributed by atoms with Crippen LogP contribution in [0.25, 0.3) is 0 Å². The molecule has 3 unspecified atom stereocenters. The largest absolute Gasteiger partial charge is 0.312 e. The standard InChI is InChI=1S/C15H24N2S/c1-2-17(10-13-6-4-8-18-13)11-15-14-7-3-5-12(14)9-16-15/h4,6,8,12,14-16H,2-3,5,7,9-11H2,1H3. The summed E-state index contributed by atoms with van der Waals surface area (Å²) in [6.45, 7) is 7.08. The summed E-state index contributed by atoms with van der Waals surface area (Å²) in [5.41, 5.74) is 0. The molecule has 2 nitrogen and oxygen atoms in total. The molecule has 1 saturated heterocycles. The Balaban J connectivity index is 1.56. The van der Waals surface area contributed by atoms with Gasteiger partial charge < -0.3 is 5.32 Å². The molecule has 3 atom stereocenters. The van der Waals surface area contributed by atoms with Crippen molar-refractivity contribution in [3.63, 3.8) is 0 Å². The summed E-state index contributed by atoms with van der Waals surface area (Å²) in [5, 5.41) is 5.95. The molecule has 2 fully saturated rings. The van der Waals surface area contributed by atoms with Gasteiger partial charge >= 0.3 is 0 Å². The van der Waals surface area contributed by atoms with Gasteiger partial charge in [-0.2, -0.15) is 0 Å². The second-order valence-electron chi connectivity index (χ2n) is 5.78. The van der Waals surface area contributed by atoms with Gasteiger partial charge in [0.25, 0.3) is 0 Å². The molecule has 1 aromatic heterocycles. The van der Waals surface area contributed by atoms with E-state index in [9.17, 15) is 0 Å². The van der Waals surface area contributed by atoms with Gasteiger partial charge in [0.1, 0.15) is 0 Å². The number of nitrogens with zero attached hydrogens (tertiary/aromatic N) is 1. The lowest BCUT2D eigenvalue weighted by molar-refractivity contribution is 0.230. The predicted octanol–water partition coefficient (Wildman–Crippen LogP) is 2.96. The maximum absolute atomic E-state index is 3.76. The van der Waals surface area contributed by atoms with Gasteiger partial charge in [0, 0.05) is 24.0 Å². The molecule has 100 valence electrons. The van der Waals surface area contributed by atoms with Gasteiger partial charge in [-0.15, -0.1) is 11.3 Å². The number of nitrogens with one attached hydrogen (secondary N) is 1. The van der Waals surface area contributed by atoms with Crippen molar-refractivity contribution in [2.24, 2.45) is 11.8 Å². The zero-order chi connectivity index (χ0) is 12.4. The number of hydrogen-bond donors (Lipinski definition) is 1. The van der Waals surface area contributed by atoms with E-state index in [2.05, 4.69) is 34.7 Å². The molecule has 1 aliphatic heterocycles. The maximum Gasteiger partial charge on any atom is 0.0328 e.